The number of unbranched alkanes of at least 4 members (excludes halogenated alkanes) is 1. The molecule has 0 spiro atoms. The maximum absolute atomic E-state index is 12.1. The molecule has 6 heteroatoms. The zero-order chi connectivity index (χ0) is 16.5. The number of nitrogens with one attached hydrogen (secondary N) is 1. The summed E-state index contributed by atoms with van der Waals surface area (Å²) in [6.07, 6.45) is 4.86. The highest BCUT2D eigenvalue weighted by Crippen LogP contribution is 2.20. The van der Waals surface area contributed by atoms with Crippen molar-refractivity contribution in [3.8, 4) is 0 Å². The van der Waals surface area contributed by atoms with Crippen molar-refractivity contribution in [2.45, 2.75) is 39.2 Å². The molecule has 1 N–H and O–H groups in total. The lowest BCUT2D eigenvalue weighted by Gasteiger charge is -2.15. The number of carbonyl (C=O) groups is 2. The first-order chi connectivity index (χ1) is 11.2. The van der Waals surface area contributed by atoms with Crippen LogP contribution in [0.1, 0.15) is 38.4 Å². The van der Waals surface area contributed by atoms with Crippen LogP contribution in [0.25, 0.3) is 0 Å². The van der Waals surface area contributed by atoms with Gasteiger partial charge >= 0.3 is 0 Å². The number of ether oxygens (including phenoxy) is 1. The maximum Gasteiger partial charge on any atom is 0.225 e. The molecule has 1 fully saturated rings. The Morgan fingerprint density at radius 3 is 3.00 bits per heavy atom. The molecule has 0 saturated carbocycles. The fraction of sp³-hybridized carbons (Fsp3) is 0.647. The number of amides is 2. The molecule has 23 heavy (non-hydrogen) atoms. The van der Waals surface area contributed by atoms with Crippen LogP contribution >= 0.6 is 0 Å². The Labute approximate surface area is 137 Å². The summed E-state index contributed by atoms with van der Waals surface area (Å²) in [5, 5.41) is 2.89. The van der Waals surface area contributed by atoms with E-state index in [0.717, 1.165) is 31.6 Å². The van der Waals surface area contributed by atoms with Crippen molar-refractivity contribution in [3.05, 3.63) is 24.2 Å². The number of nitrogens with zero attached hydrogens (tertiary/aromatic N) is 1. The summed E-state index contributed by atoms with van der Waals surface area (Å²) in [4.78, 5) is 25.8. The molecule has 1 aliphatic heterocycles. The molecule has 1 unspecified atom stereocenters. The molecule has 2 rings (SSSR count). The van der Waals surface area contributed by atoms with Gasteiger partial charge in [0.2, 0.25) is 11.8 Å². The summed E-state index contributed by atoms with van der Waals surface area (Å²) in [7, 11) is 0. The molecular formula is C17H26N2O4. The second-order valence-corrected chi connectivity index (χ2v) is 5.87. The first kappa shape index (κ1) is 17.5. The SMILES string of the molecule is CCCCOCCCNC(=O)C1CC(=O)N(Cc2ccco2)C1. The number of likely N-dealkylation sites (tertiary alicyclic amines) is 1. The second-order valence-electron chi connectivity index (χ2n) is 5.87. The Morgan fingerprint density at radius 1 is 1.43 bits per heavy atom. The third-order valence-corrected chi connectivity index (χ3v) is 3.92. The van der Waals surface area contributed by atoms with E-state index in [0.29, 0.717) is 26.2 Å². The fourth-order valence-electron chi connectivity index (χ4n) is 2.57. The van der Waals surface area contributed by atoms with Crippen LogP contribution in [0.4, 0.5) is 0 Å². The van der Waals surface area contributed by atoms with E-state index in [-0.39, 0.29) is 24.2 Å². The number of hydrogen-bond acceptors (Lipinski definition) is 4. The van der Waals surface area contributed by atoms with E-state index in [1.807, 2.05) is 6.07 Å². The zero-order valence-corrected chi connectivity index (χ0v) is 13.8. The fourth-order valence-corrected chi connectivity index (χ4v) is 2.57. The highest BCUT2D eigenvalue weighted by atomic mass is 16.5. The average Bonchev–Trinajstić information content (AvgIpc) is 3.17. The third kappa shape index (κ3) is 5.71. The molecule has 2 heterocycles. The summed E-state index contributed by atoms with van der Waals surface area (Å²) in [5.74, 6) is 0.431. The molecule has 1 saturated heterocycles. The van der Waals surface area contributed by atoms with Crippen LogP contribution in [0.2, 0.25) is 0 Å². The summed E-state index contributed by atoms with van der Waals surface area (Å²) < 4.78 is 10.7. The van der Waals surface area contributed by atoms with Gasteiger partial charge in [0.15, 0.2) is 0 Å². The molecular weight excluding hydrogens is 296 g/mol. The minimum atomic E-state index is -0.265. The number of carbonyl (C=O) groups excluding carboxylic acids is 2. The van der Waals surface area contributed by atoms with Gasteiger partial charge in [-0.1, -0.05) is 13.3 Å². The predicted molar refractivity (Wildman–Crippen MR) is 85.6 cm³/mol. The molecule has 1 atom stereocenters. The Morgan fingerprint density at radius 2 is 2.26 bits per heavy atom. The molecule has 128 valence electrons. The van der Waals surface area contributed by atoms with Gasteiger partial charge in [0.1, 0.15) is 5.76 Å². The lowest BCUT2D eigenvalue weighted by Crippen LogP contribution is -2.33. The molecule has 1 aliphatic rings. The van der Waals surface area contributed by atoms with Crippen LogP contribution in [0.5, 0.6) is 0 Å². The summed E-state index contributed by atoms with van der Waals surface area (Å²) in [5.41, 5.74) is 0. The van der Waals surface area contributed by atoms with Crippen molar-refractivity contribution < 1.29 is 18.7 Å². The minimum absolute atomic E-state index is 0.00412. The van der Waals surface area contributed by atoms with E-state index >= 15 is 0 Å². The number of rotatable bonds is 10. The normalized spacial score (nSPS) is 17.7. The largest absolute Gasteiger partial charge is 0.467 e. The minimum Gasteiger partial charge on any atom is -0.467 e. The van der Waals surface area contributed by atoms with Gasteiger partial charge in [-0.15, -0.1) is 0 Å². The highest BCUT2D eigenvalue weighted by molar-refractivity contribution is 5.89. The van der Waals surface area contributed by atoms with E-state index in [2.05, 4.69) is 12.2 Å². The second kappa shape index (κ2) is 9.35. The van der Waals surface area contributed by atoms with Crippen LogP contribution in [0.15, 0.2) is 22.8 Å². The van der Waals surface area contributed by atoms with Gasteiger partial charge < -0.3 is 19.4 Å². The summed E-state index contributed by atoms with van der Waals surface area (Å²) in [6.45, 7) is 5.05. The van der Waals surface area contributed by atoms with Gasteiger partial charge in [-0.05, 0) is 25.0 Å². The number of hydrogen-bond donors (Lipinski definition) is 1. The molecule has 6 nitrogen and oxygen atoms in total. The van der Waals surface area contributed by atoms with Gasteiger partial charge in [-0.25, -0.2) is 0 Å². The topological polar surface area (TPSA) is 71.8 Å². The van der Waals surface area contributed by atoms with Gasteiger partial charge in [0.25, 0.3) is 0 Å². The molecule has 1 aromatic heterocycles. The molecule has 0 bridgehead atoms. The monoisotopic (exact) mass is 322 g/mol. The average molecular weight is 322 g/mol. The van der Waals surface area contributed by atoms with Crippen molar-refractivity contribution in [1.82, 2.24) is 10.2 Å². The Hall–Kier alpha value is -1.82. The van der Waals surface area contributed by atoms with Crippen LogP contribution < -0.4 is 5.32 Å². The summed E-state index contributed by atoms with van der Waals surface area (Å²) >= 11 is 0. The van der Waals surface area contributed by atoms with E-state index in [1.54, 1.807) is 17.2 Å². The number of furan rings is 1. The van der Waals surface area contributed by atoms with Crippen LogP contribution in [-0.4, -0.2) is 43.0 Å². The molecule has 2 amide bonds. The van der Waals surface area contributed by atoms with E-state index in [4.69, 9.17) is 9.15 Å². The van der Waals surface area contributed by atoms with Crippen molar-refractivity contribution in [2.75, 3.05) is 26.3 Å². The molecule has 0 radical (unpaired) electrons. The molecule has 0 aliphatic carbocycles. The Kier molecular flexibility index (Phi) is 7.13. The predicted octanol–water partition coefficient (Wildman–Crippen LogP) is 1.95. The van der Waals surface area contributed by atoms with Crippen molar-refractivity contribution in [2.24, 2.45) is 5.92 Å². The van der Waals surface area contributed by atoms with Gasteiger partial charge in [0.05, 0.1) is 18.7 Å². The third-order valence-electron chi connectivity index (χ3n) is 3.92. The van der Waals surface area contributed by atoms with Crippen LogP contribution in [0.3, 0.4) is 0 Å². The smallest absolute Gasteiger partial charge is 0.225 e. The van der Waals surface area contributed by atoms with Crippen molar-refractivity contribution >= 4 is 11.8 Å². The first-order valence-corrected chi connectivity index (χ1v) is 8.36. The standard InChI is InChI=1S/C17H26N2O4/c1-2-3-8-22-9-5-7-18-17(21)14-11-16(20)19(12-14)13-15-6-4-10-23-15/h4,6,10,14H,2-3,5,7-9,11-13H2,1H3,(H,18,21). The summed E-state index contributed by atoms with van der Waals surface area (Å²) in [6, 6.07) is 3.63. The van der Waals surface area contributed by atoms with E-state index in [1.165, 1.54) is 0 Å². The quantitative estimate of drug-likeness (QED) is 0.668. The van der Waals surface area contributed by atoms with E-state index in [9.17, 15) is 9.59 Å². The Bertz CT molecular complexity index is 487. The lowest BCUT2D eigenvalue weighted by atomic mass is 10.1. The zero-order valence-electron chi connectivity index (χ0n) is 13.8. The lowest BCUT2D eigenvalue weighted by molar-refractivity contribution is -0.129. The molecule has 1 aromatic rings. The van der Waals surface area contributed by atoms with E-state index < -0.39 is 0 Å². The van der Waals surface area contributed by atoms with Crippen molar-refractivity contribution in [3.63, 3.8) is 0 Å². The highest BCUT2D eigenvalue weighted by Gasteiger charge is 2.34. The van der Waals surface area contributed by atoms with Gasteiger partial charge in [-0.2, -0.15) is 0 Å². The first-order valence-electron chi connectivity index (χ1n) is 8.36. The van der Waals surface area contributed by atoms with Gasteiger partial charge in [-0.3, -0.25) is 9.59 Å². The van der Waals surface area contributed by atoms with Crippen LogP contribution in [-0.2, 0) is 20.9 Å². The molecule has 0 aromatic carbocycles. The Balaban J connectivity index is 1.63. The van der Waals surface area contributed by atoms with Crippen LogP contribution in [0, 0.1) is 5.92 Å². The van der Waals surface area contributed by atoms with Crippen molar-refractivity contribution in [1.29, 1.82) is 0 Å². The maximum atomic E-state index is 12.1. The van der Waals surface area contributed by atoms with Gasteiger partial charge in [0, 0.05) is 32.7 Å².